The zero-order valence-electron chi connectivity index (χ0n) is 18.3. The lowest BCUT2D eigenvalue weighted by Crippen LogP contribution is -2.36. The first-order valence-electron chi connectivity index (χ1n) is 11.1. The van der Waals surface area contributed by atoms with Gasteiger partial charge in [-0.3, -0.25) is 0 Å². The molecule has 0 radical (unpaired) electrons. The van der Waals surface area contributed by atoms with Gasteiger partial charge in [0.1, 0.15) is 11.4 Å². The highest BCUT2D eigenvalue weighted by atomic mass is 16.5. The average Bonchev–Trinajstić information content (AvgIpc) is 3.15. The van der Waals surface area contributed by atoms with E-state index in [4.69, 9.17) is 11.3 Å². The van der Waals surface area contributed by atoms with Crippen LogP contribution in [0.5, 0.6) is 0 Å². The van der Waals surface area contributed by atoms with Crippen molar-refractivity contribution in [3.63, 3.8) is 0 Å². The maximum atomic E-state index is 9.50. The largest absolute Gasteiger partial charge is 0.486 e. The molecular weight excluding hydrogens is 394 g/mol. The molecule has 0 aromatic heterocycles. The fraction of sp³-hybridized carbons (Fsp3) is 0.286. The molecule has 0 saturated carbocycles. The van der Waals surface area contributed by atoms with E-state index in [2.05, 4.69) is 71.4 Å². The number of nitriles is 1. The summed E-state index contributed by atoms with van der Waals surface area (Å²) in [5.74, 6) is 0.713. The fourth-order valence-corrected chi connectivity index (χ4v) is 5.23. The van der Waals surface area contributed by atoms with Gasteiger partial charge in [0.25, 0.3) is 5.70 Å². The summed E-state index contributed by atoms with van der Waals surface area (Å²) in [6.07, 6.45) is 10.4. The standard InChI is InChI=1S/C28H25N3O/c1-30-26(19-29)24-15-25(32-28(18-24)16-22-6-3-4-7-23(22)17-28)11-9-20-10-12-27-21(14-20)8-5-13-31(27)2/h3-4,6-7,9-12,14-15H,5,8,13,16-18H2,2H3. The van der Waals surface area contributed by atoms with Crippen LogP contribution in [0.15, 0.2) is 71.6 Å². The number of hydrogen-bond donors (Lipinski definition) is 0. The van der Waals surface area contributed by atoms with Crippen molar-refractivity contribution in [1.29, 1.82) is 5.26 Å². The van der Waals surface area contributed by atoms with Gasteiger partial charge in [0, 0.05) is 38.5 Å². The first-order chi connectivity index (χ1) is 15.6. The zero-order chi connectivity index (χ0) is 22.1. The zero-order valence-corrected chi connectivity index (χ0v) is 18.3. The number of anilines is 1. The molecule has 0 N–H and O–H groups in total. The lowest BCUT2D eigenvalue weighted by atomic mass is 9.87. The van der Waals surface area contributed by atoms with Gasteiger partial charge in [-0.15, -0.1) is 0 Å². The molecule has 2 aromatic rings. The molecular formula is C28H25N3O. The van der Waals surface area contributed by atoms with Gasteiger partial charge in [0.05, 0.1) is 12.6 Å². The number of aryl methyl sites for hydroxylation is 1. The van der Waals surface area contributed by atoms with E-state index in [0.717, 1.165) is 36.9 Å². The fourth-order valence-electron chi connectivity index (χ4n) is 5.23. The van der Waals surface area contributed by atoms with Crippen molar-refractivity contribution in [2.24, 2.45) is 0 Å². The number of benzene rings is 2. The summed E-state index contributed by atoms with van der Waals surface area (Å²) in [6.45, 7) is 8.55. The van der Waals surface area contributed by atoms with E-state index in [1.165, 1.54) is 28.8 Å². The van der Waals surface area contributed by atoms with Crippen LogP contribution in [0.3, 0.4) is 0 Å². The van der Waals surface area contributed by atoms with Crippen LogP contribution in [0.1, 0.15) is 35.1 Å². The Balaban J connectivity index is 1.47. The van der Waals surface area contributed by atoms with E-state index in [1.807, 2.05) is 12.2 Å². The molecule has 2 heterocycles. The van der Waals surface area contributed by atoms with Crippen molar-refractivity contribution >= 4 is 11.8 Å². The van der Waals surface area contributed by atoms with E-state index in [-0.39, 0.29) is 5.70 Å². The molecule has 3 aliphatic rings. The summed E-state index contributed by atoms with van der Waals surface area (Å²) in [5, 5.41) is 9.50. The maximum Gasteiger partial charge on any atom is 0.265 e. The highest BCUT2D eigenvalue weighted by Crippen LogP contribution is 2.43. The molecule has 1 spiro atoms. The van der Waals surface area contributed by atoms with Crippen LogP contribution in [0.4, 0.5) is 5.69 Å². The van der Waals surface area contributed by atoms with Crippen LogP contribution in [0.2, 0.25) is 0 Å². The third-order valence-electron chi connectivity index (χ3n) is 6.72. The molecule has 5 rings (SSSR count). The van der Waals surface area contributed by atoms with E-state index in [9.17, 15) is 5.26 Å². The van der Waals surface area contributed by atoms with Gasteiger partial charge in [-0.1, -0.05) is 36.4 Å². The number of ether oxygens (including phenoxy) is 1. The quantitative estimate of drug-likeness (QED) is 0.468. The Labute approximate surface area is 189 Å². The first kappa shape index (κ1) is 20.2. The molecule has 32 heavy (non-hydrogen) atoms. The summed E-state index contributed by atoms with van der Waals surface area (Å²) in [7, 11) is 2.14. The molecule has 0 atom stereocenters. The Morgan fingerprint density at radius 3 is 2.62 bits per heavy atom. The van der Waals surface area contributed by atoms with Gasteiger partial charge < -0.3 is 9.64 Å². The number of allylic oxidation sites excluding steroid dienone is 3. The van der Waals surface area contributed by atoms with E-state index in [0.29, 0.717) is 12.2 Å². The van der Waals surface area contributed by atoms with Crippen LogP contribution in [-0.4, -0.2) is 19.2 Å². The van der Waals surface area contributed by atoms with E-state index in [1.54, 1.807) is 0 Å². The van der Waals surface area contributed by atoms with Crippen LogP contribution < -0.4 is 4.90 Å². The first-order valence-corrected chi connectivity index (χ1v) is 11.1. The number of rotatable bonds is 2. The minimum absolute atomic E-state index is 0.159. The van der Waals surface area contributed by atoms with Crippen LogP contribution in [0.25, 0.3) is 10.9 Å². The highest BCUT2D eigenvalue weighted by molar-refractivity contribution is 5.63. The summed E-state index contributed by atoms with van der Waals surface area (Å²) >= 11 is 0. The summed E-state index contributed by atoms with van der Waals surface area (Å²) < 4.78 is 6.56. The maximum absolute atomic E-state index is 9.50. The summed E-state index contributed by atoms with van der Waals surface area (Å²) in [4.78, 5) is 5.79. The van der Waals surface area contributed by atoms with Crippen LogP contribution in [0, 0.1) is 17.9 Å². The van der Waals surface area contributed by atoms with Crippen LogP contribution >= 0.6 is 0 Å². The molecule has 0 unspecified atom stereocenters. The molecule has 0 bridgehead atoms. The lowest BCUT2D eigenvalue weighted by molar-refractivity contribution is 0.0108. The monoisotopic (exact) mass is 419 g/mol. The second kappa shape index (κ2) is 8.06. The van der Waals surface area contributed by atoms with Gasteiger partial charge in [0.15, 0.2) is 0 Å². The number of fused-ring (bicyclic) bond motifs is 2. The highest BCUT2D eigenvalue weighted by Gasteiger charge is 2.42. The second-order valence-corrected chi connectivity index (χ2v) is 8.97. The van der Waals surface area contributed by atoms with Crippen molar-refractivity contribution in [1.82, 2.24) is 0 Å². The van der Waals surface area contributed by atoms with E-state index < -0.39 is 5.60 Å². The molecule has 0 saturated heterocycles. The smallest absolute Gasteiger partial charge is 0.265 e. The molecule has 0 fully saturated rings. The molecule has 4 nitrogen and oxygen atoms in total. The van der Waals surface area contributed by atoms with Gasteiger partial charge in [0.2, 0.25) is 0 Å². The molecule has 2 aromatic carbocycles. The Bertz CT molecular complexity index is 1210. The van der Waals surface area contributed by atoms with Crippen molar-refractivity contribution in [2.45, 2.75) is 37.7 Å². The SMILES string of the molecule is [C-]#[N+]C(C#N)=C1C=C(C=Cc2ccc3c(c2)CCCN3C)OC2(C1)Cc1ccccc1C2. The minimum atomic E-state index is -0.432. The van der Waals surface area contributed by atoms with Gasteiger partial charge in [-0.05, 0) is 65.0 Å². The Hall–Kier alpha value is -3.76. The topological polar surface area (TPSA) is 40.6 Å². The minimum Gasteiger partial charge on any atom is -0.486 e. The van der Waals surface area contributed by atoms with Gasteiger partial charge >= 0.3 is 0 Å². The van der Waals surface area contributed by atoms with Crippen molar-refractivity contribution < 1.29 is 4.74 Å². The summed E-state index contributed by atoms with van der Waals surface area (Å²) in [5.41, 5.74) is 6.90. The normalized spacial score (nSPS) is 20.1. The third kappa shape index (κ3) is 3.70. The predicted octanol–water partition coefficient (Wildman–Crippen LogP) is 5.62. The van der Waals surface area contributed by atoms with Crippen molar-refractivity contribution in [2.75, 3.05) is 18.5 Å². The van der Waals surface area contributed by atoms with Gasteiger partial charge in [-0.25, -0.2) is 10.1 Å². The Morgan fingerprint density at radius 1 is 1.12 bits per heavy atom. The number of nitrogens with zero attached hydrogens (tertiary/aromatic N) is 3. The second-order valence-electron chi connectivity index (χ2n) is 8.97. The lowest BCUT2D eigenvalue weighted by Gasteiger charge is -2.35. The van der Waals surface area contributed by atoms with Crippen molar-refractivity contribution in [3.05, 3.63) is 105 Å². The Kier molecular flexibility index (Phi) is 5.08. The molecule has 158 valence electrons. The molecule has 1 aliphatic carbocycles. The molecule has 2 aliphatic heterocycles. The van der Waals surface area contributed by atoms with Crippen LogP contribution in [-0.2, 0) is 24.0 Å². The molecule has 0 amide bonds. The predicted molar refractivity (Wildman–Crippen MR) is 127 cm³/mol. The third-order valence-corrected chi connectivity index (χ3v) is 6.72. The van der Waals surface area contributed by atoms with Gasteiger partial charge in [-0.2, -0.15) is 0 Å². The molecule has 4 heteroatoms. The Morgan fingerprint density at radius 2 is 1.91 bits per heavy atom. The van der Waals surface area contributed by atoms with E-state index >= 15 is 0 Å². The summed E-state index contributed by atoms with van der Waals surface area (Å²) in [6, 6.07) is 17.1. The van der Waals surface area contributed by atoms with Crippen molar-refractivity contribution in [3.8, 4) is 6.07 Å². The number of hydrogen-bond acceptors (Lipinski definition) is 3. The average molecular weight is 420 g/mol.